The molecule has 1 aliphatic rings. The number of ether oxygens (including phenoxy) is 2. The average molecular weight is 375 g/mol. The highest BCUT2D eigenvalue weighted by atomic mass is 16.7. The fourth-order valence-electron chi connectivity index (χ4n) is 2.88. The van der Waals surface area contributed by atoms with Gasteiger partial charge in [0.15, 0.2) is 5.76 Å². The van der Waals surface area contributed by atoms with E-state index >= 15 is 0 Å². The van der Waals surface area contributed by atoms with Gasteiger partial charge in [0.2, 0.25) is 0 Å². The van der Waals surface area contributed by atoms with Crippen LogP contribution >= 0.6 is 0 Å². The molecule has 27 heavy (non-hydrogen) atoms. The molecule has 0 aliphatic carbocycles. The molecule has 0 spiro atoms. The number of carboxylic acids is 1. The summed E-state index contributed by atoms with van der Waals surface area (Å²) >= 11 is 0. The van der Waals surface area contributed by atoms with Crippen molar-refractivity contribution in [3.8, 4) is 0 Å². The van der Waals surface area contributed by atoms with E-state index in [1.54, 1.807) is 0 Å². The van der Waals surface area contributed by atoms with Gasteiger partial charge in [-0.15, -0.1) is 0 Å². The lowest BCUT2D eigenvalue weighted by Crippen LogP contribution is -2.47. The molecule has 0 radical (unpaired) electrons. The number of carbonyl (C=O) groups is 1. The molecule has 1 aromatic heterocycles. The van der Waals surface area contributed by atoms with Crippen molar-refractivity contribution in [2.75, 3.05) is 19.8 Å². The Balaban J connectivity index is 1.34. The minimum absolute atomic E-state index is 0.207. The van der Waals surface area contributed by atoms with Crippen molar-refractivity contribution in [3.05, 3.63) is 36.1 Å². The molecule has 1 N–H and O–H groups in total. The van der Waals surface area contributed by atoms with Crippen molar-refractivity contribution in [1.29, 1.82) is 0 Å². The zero-order chi connectivity index (χ0) is 19.3. The summed E-state index contributed by atoms with van der Waals surface area (Å²) < 4.78 is 16.4. The molecule has 0 amide bonds. The highest BCUT2D eigenvalue weighted by Gasteiger charge is 2.40. The number of hydrogen-bond donors (Lipinski definition) is 1. The van der Waals surface area contributed by atoms with Crippen LogP contribution in [0.15, 0.2) is 39.9 Å². The maximum Gasteiger partial charge on any atom is 0.364 e. The second-order valence-electron chi connectivity index (χ2n) is 6.89. The van der Waals surface area contributed by atoms with Gasteiger partial charge >= 0.3 is 5.97 Å². The van der Waals surface area contributed by atoms with Crippen molar-refractivity contribution in [2.24, 2.45) is 11.1 Å². The summed E-state index contributed by atoms with van der Waals surface area (Å²) in [7, 11) is 0. The summed E-state index contributed by atoms with van der Waals surface area (Å²) in [6.07, 6.45) is 2.68. The molecule has 7 nitrogen and oxygen atoms in total. The summed E-state index contributed by atoms with van der Waals surface area (Å²) in [4.78, 5) is 16.4. The maximum atomic E-state index is 11.0. The Morgan fingerprint density at radius 2 is 2.04 bits per heavy atom. The largest absolute Gasteiger partial charge is 0.477 e. The van der Waals surface area contributed by atoms with Crippen LogP contribution in [0, 0.1) is 5.92 Å². The first-order valence-corrected chi connectivity index (χ1v) is 9.15. The lowest BCUT2D eigenvalue weighted by Gasteiger charge is -2.34. The third-order valence-corrected chi connectivity index (χ3v) is 4.66. The fraction of sp³-hybridized carbons (Fsp3) is 0.500. The molecular formula is C20H25NO6. The Labute approximate surface area is 157 Å². The smallest absolute Gasteiger partial charge is 0.364 e. The molecule has 1 aromatic carbocycles. The number of oxime groups is 1. The van der Waals surface area contributed by atoms with E-state index in [2.05, 4.69) is 5.16 Å². The second-order valence-corrected chi connectivity index (χ2v) is 6.89. The van der Waals surface area contributed by atoms with Gasteiger partial charge in [-0.05, 0) is 38.3 Å². The fourth-order valence-corrected chi connectivity index (χ4v) is 2.88. The number of nitrogens with zero attached hydrogens (tertiary/aromatic N) is 1. The highest BCUT2D eigenvalue weighted by Crippen LogP contribution is 2.24. The maximum absolute atomic E-state index is 11.0. The van der Waals surface area contributed by atoms with E-state index in [1.807, 2.05) is 37.3 Å². The molecule has 0 unspecified atom stereocenters. The minimum Gasteiger partial charge on any atom is -0.477 e. The third kappa shape index (κ3) is 4.87. The van der Waals surface area contributed by atoms with E-state index in [9.17, 15) is 4.79 Å². The van der Waals surface area contributed by atoms with Gasteiger partial charge < -0.3 is 23.8 Å². The topological polar surface area (TPSA) is 90.5 Å². The molecule has 2 heterocycles. The first-order valence-electron chi connectivity index (χ1n) is 9.15. The predicted molar refractivity (Wildman–Crippen MR) is 99.7 cm³/mol. The number of carboxylic acid groups (broad SMARTS) is 1. The normalized spacial score (nSPS) is 23.5. The van der Waals surface area contributed by atoms with E-state index in [0.29, 0.717) is 31.3 Å². The number of unbranched alkanes of at least 4 members (excludes halogenated alkanes) is 1. The zero-order valence-electron chi connectivity index (χ0n) is 15.6. The highest BCUT2D eigenvalue weighted by molar-refractivity contribution is 5.99. The summed E-state index contributed by atoms with van der Waals surface area (Å²) in [5.41, 5.74) is 1.53. The zero-order valence-corrected chi connectivity index (χ0v) is 15.6. The number of rotatable bonds is 8. The van der Waals surface area contributed by atoms with Crippen LogP contribution < -0.4 is 0 Å². The molecule has 0 saturated carbocycles. The summed E-state index contributed by atoms with van der Waals surface area (Å²) in [5, 5.41) is 14.2. The van der Waals surface area contributed by atoms with Crippen molar-refractivity contribution in [1.82, 2.24) is 0 Å². The second kappa shape index (κ2) is 8.54. The summed E-state index contributed by atoms with van der Waals surface area (Å²) in [6, 6.07) is 9.77. The Kier molecular flexibility index (Phi) is 6.13. The molecule has 7 heteroatoms. The SMILES string of the molecule is C/C(=N/OCCCCC1COC(C)(C(=O)O)OC1)c1cc2ccccc2o1. The van der Waals surface area contributed by atoms with Crippen LogP contribution in [0.1, 0.15) is 38.9 Å². The summed E-state index contributed by atoms with van der Waals surface area (Å²) in [6.45, 7) is 4.59. The third-order valence-electron chi connectivity index (χ3n) is 4.66. The molecule has 0 atom stereocenters. The molecule has 0 bridgehead atoms. The van der Waals surface area contributed by atoms with Crippen LogP contribution in [0.2, 0.25) is 0 Å². The number of hydrogen-bond acceptors (Lipinski definition) is 6. The molecule has 1 fully saturated rings. The van der Waals surface area contributed by atoms with Gasteiger partial charge in [0.05, 0.1) is 13.2 Å². The number of para-hydroxylation sites is 1. The van der Waals surface area contributed by atoms with Crippen LogP contribution in [0.3, 0.4) is 0 Å². The molecule has 1 saturated heterocycles. The Morgan fingerprint density at radius 1 is 1.30 bits per heavy atom. The minimum atomic E-state index is -1.51. The van der Waals surface area contributed by atoms with Gasteiger partial charge in [0.25, 0.3) is 5.79 Å². The van der Waals surface area contributed by atoms with Crippen LogP contribution in [-0.4, -0.2) is 42.4 Å². The van der Waals surface area contributed by atoms with E-state index in [-0.39, 0.29) is 5.92 Å². The first kappa shape index (κ1) is 19.4. The van der Waals surface area contributed by atoms with Crippen molar-refractivity contribution in [3.63, 3.8) is 0 Å². The van der Waals surface area contributed by atoms with E-state index in [4.69, 9.17) is 23.8 Å². The van der Waals surface area contributed by atoms with Crippen LogP contribution in [0.25, 0.3) is 11.0 Å². The van der Waals surface area contributed by atoms with Crippen LogP contribution in [0.5, 0.6) is 0 Å². The van der Waals surface area contributed by atoms with E-state index < -0.39 is 11.8 Å². The lowest BCUT2D eigenvalue weighted by atomic mass is 10.0. The van der Waals surface area contributed by atoms with Crippen molar-refractivity contribution in [2.45, 2.75) is 38.9 Å². The van der Waals surface area contributed by atoms with E-state index in [1.165, 1.54) is 6.92 Å². The molecule has 2 aromatic rings. The predicted octanol–water partition coefficient (Wildman–Crippen LogP) is 3.81. The van der Waals surface area contributed by atoms with Crippen molar-refractivity contribution < 1.29 is 28.6 Å². The van der Waals surface area contributed by atoms with Gasteiger partial charge in [-0.25, -0.2) is 4.79 Å². The number of furan rings is 1. The van der Waals surface area contributed by atoms with Crippen LogP contribution in [-0.2, 0) is 19.1 Å². The number of benzene rings is 1. The standard InChI is InChI=1S/C20H25NO6/c1-14(18-11-16-8-3-4-9-17(16)27-18)21-26-10-6-5-7-15-12-24-20(2,19(22)23)25-13-15/h3-4,8-9,11,15H,5-7,10,12-13H2,1-2H3,(H,22,23)/b21-14-. The number of fused-ring (bicyclic) bond motifs is 1. The quantitative estimate of drug-likeness (QED) is 0.429. The van der Waals surface area contributed by atoms with Gasteiger partial charge in [-0.2, -0.15) is 0 Å². The Hall–Kier alpha value is -2.38. The van der Waals surface area contributed by atoms with Gasteiger partial charge in [-0.1, -0.05) is 23.4 Å². The number of aliphatic carboxylic acids is 1. The monoisotopic (exact) mass is 375 g/mol. The summed E-state index contributed by atoms with van der Waals surface area (Å²) in [5.74, 6) is -1.69. The average Bonchev–Trinajstić information content (AvgIpc) is 3.10. The molecule has 1 aliphatic heterocycles. The van der Waals surface area contributed by atoms with Gasteiger partial charge in [0, 0.05) is 18.2 Å². The van der Waals surface area contributed by atoms with Gasteiger partial charge in [-0.3, -0.25) is 0 Å². The first-order chi connectivity index (χ1) is 13.0. The molecular weight excluding hydrogens is 350 g/mol. The Morgan fingerprint density at radius 3 is 2.74 bits per heavy atom. The van der Waals surface area contributed by atoms with E-state index in [0.717, 1.165) is 30.2 Å². The molecule has 3 rings (SSSR count). The lowest BCUT2D eigenvalue weighted by molar-refractivity contribution is -0.271. The van der Waals surface area contributed by atoms with Crippen LogP contribution in [0.4, 0.5) is 0 Å². The molecule has 146 valence electrons. The van der Waals surface area contributed by atoms with Gasteiger partial charge in [0.1, 0.15) is 17.9 Å². The van der Waals surface area contributed by atoms with Crippen molar-refractivity contribution >= 4 is 22.7 Å². The Bertz CT molecular complexity index is 771.